The largest absolute Gasteiger partial charge is 0.351 e. The van der Waals surface area contributed by atoms with E-state index in [0.717, 1.165) is 5.56 Å². The van der Waals surface area contributed by atoms with E-state index >= 15 is 0 Å². The van der Waals surface area contributed by atoms with Crippen LogP contribution in [0.25, 0.3) is 0 Å². The van der Waals surface area contributed by atoms with E-state index in [0.29, 0.717) is 32.6 Å². The predicted octanol–water partition coefficient (Wildman–Crippen LogP) is 1.63. The summed E-state index contributed by atoms with van der Waals surface area (Å²) in [4.78, 5) is 29.7. The van der Waals surface area contributed by atoms with Gasteiger partial charge in [0, 0.05) is 50.5 Å². The van der Waals surface area contributed by atoms with Gasteiger partial charge in [-0.05, 0) is 5.56 Å². The van der Waals surface area contributed by atoms with E-state index in [1.165, 1.54) is 6.20 Å². The second-order valence-electron chi connectivity index (χ2n) is 7.86. The molecule has 2 saturated heterocycles. The van der Waals surface area contributed by atoms with Crippen LogP contribution >= 0.6 is 0 Å². The average Bonchev–Trinajstić information content (AvgIpc) is 3.56. The molecule has 0 aliphatic carbocycles. The molecule has 2 aliphatic heterocycles. The normalized spacial score (nSPS) is 23.0. The van der Waals surface area contributed by atoms with E-state index in [1.54, 1.807) is 18.7 Å². The number of benzene rings is 1. The molecule has 0 bridgehead atoms. The van der Waals surface area contributed by atoms with Crippen LogP contribution in [-0.4, -0.2) is 61.2 Å². The van der Waals surface area contributed by atoms with Crippen molar-refractivity contribution in [3.63, 3.8) is 0 Å². The summed E-state index contributed by atoms with van der Waals surface area (Å²) in [6.45, 7) is 2.41. The predicted molar refractivity (Wildman–Crippen MR) is 105 cm³/mol. The van der Waals surface area contributed by atoms with E-state index in [9.17, 15) is 9.59 Å². The third-order valence-corrected chi connectivity index (χ3v) is 6.11. The lowest BCUT2D eigenvalue weighted by molar-refractivity contribution is -0.133. The number of aromatic nitrogens is 4. The highest BCUT2D eigenvalue weighted by Crippen LogP contribution is 2.45. The van der Waals surface area contributed by atoms with Gasteiger partial charge in [0.1, 0.15) is 12.7 Å². The molecular formula is C21H22N6O3. The monoisotopic (exact) mass is 406 g/mol. The number of hydrogen-bond acceptors (Lipinski definition) is 6. The minimum atomic E-state index is -0.140. The van der Waals surface area contributed by atoms with Crippen molar-refractivity contribution in [1.29, 1.82) is 0 Å². The molecule has 30 heavy (non-hydrogen) atoms. The van der Waals surface area contributed by atoms with Gasteiger partial charge in [0.15, 0.2) is 0 Å². The van der Waals surface area contributed by atoms with Crippen molar-refractivity contribution in [2.24, 2.45) is 11.8 Å². The fraction of sp³-hybridized carbons (Fsp3) is 0.381. The van der Waals surface area contributed by atoms with Gasteiger partial charge >= 0.3 is 0 Å². The Bertz CT molecular complexity index is 1000. The molecule has 0 N–H and O–H groups in total. The lowest BCUT2D eigenvalue weighted by atomic mass is 9.89. The first kappa shape index (κ1) is 18.5. The highest BCUT2D eigenvalue weighted by molar-refractivity contribution is 5.91. The summed E-state index contributed by atoms with van der Waals surface area (Å²) >= 11 is 0. The van der Waals surface area contributed by atoms with Crippen molar-refractivity contribution in [3.05, 3.63) is 66.6 Å². The molecular weight excluding hydrogens is 384 g/mol. The quantitative estimate of drug-likeness (QED) is 0.639. The zero-order chi connectivity index (χ0) is 20.5. The Morgan fingerprint density at radius 1 is 1.03 bits per heavy atom. The van der Waals surface area contributed by atoms with Gasteiger partial charge in [-0.1, -0.05) is 35.5 Å². The van der Waals surface area contributed by atoms with Gasteiger partial charge in [0.2, 0.25) is 11.7 Å². The number of aryl methyl sites for hydroxylation is 1. The SMILES string of the molecule is O=C(c1ccno1)N1C[C@H]2CN(C(=O)CCn3cnnc3)[C@@H](c3ccccc3)[C@H]2C1. The van der Waals surface area contributed by atoms with Crippen molar-refractivity contribution in [3.8, 4) is 0 Å². The third kappa shape index (κ3) is 3.36. The molecule has 2 fully saturated rings. The first-order chi connectivity index (χ1) is 14.7. The maximum absolute atomic E-state index is 13.1. The van der Waals surface area contributed by atoms with Crippen LogP contribution in [0.4, 0.5) is 0 Å². The smallest absolute Gasteiger partial charge is 0.292 e. The molecule has 9 heteroatoms. The Hall–Kier alpha value is -3.49. The van der Waals surface area contributed by atoms with Crippen molar-refractivity contribution < 1.29 is 14.1 Å². The second-order valence-corrected chi connectivity index (χ2v) is 7.86. The number of hydrogen-bond donors (Lipinski definition) is 0. The van der Waals surface area contributed by atoms with Crippen LogP contribution in [0.1, 0.15) is 28.6 Å². The molecule has 2 aromatic heterocycles. The topological polar surface area (TPSA) is 97.4 Å². The van der Waals surface area contributed by atoms with Crippen LogP contribution in [0.3, 0.4) is 0 Å². The summed E-state index contributed by atoms with van der Waals surface area (Å²) in [5.41, 5.74) is 1.11. The molecule has 3 atom stereocenters. The summed E-state index contributed by atoms with van der Waals surface area (Å²) < 4.78 is 6.86. The Kier molecular flexibility index (Phi) is 4.78. The first-order valence-corrected chi connectivity index (χ1v) is 10.1. The number of rotatable bonds is 5. The minimum Gasteiger partial charge on any atom is -0.351 e. The maximum Gasteiger partial charge on any atom is 0.292 e. The summed E-state index contributed by atoms with van der Waals surface area (Å²) in [5, 5.41) is 11.2. The lowest BCUT2D eigenvalue weighted by Crippen LogP contribution is -2.37. The lowest BCUT2D eigenvalue weighted by Gasteiger charge is -2.30. The summed E-state index contributed by atoms with van der Waals surface area (Å²) in [6.07, 6.45) is 5.11. The average molecular weight is 406 g/mol. The van der Waals surface area contributed by atoms with E-state index < -0.39 is 0 Å². The number of carbonyl (C=O) groups is 2. The molecule has 0 spiro atoms. The van der Waals surface area contributed by atoms with Crippen LogP contribution in [0, 0.1) is 11.8 Å². The van der Waals surface area contributed by atoms with E-state index in [4.69, 9.17) is 4.52 Å². The highest BCUT2D eigenvalue weighted by atomic mass is 16.5. The molecule has 5 rings (SSSR count). The zero-order valence-electron chi connectivity index (χ0n) is 16.4. The van der Waals surface area contributed by atoms with Gasteiger partial charge in [-0.3, -0.25) is 9.59 Å². The molecule has 2 aliphatic rings. The van der Waals surface area contributed by atoms with Gasteiger partial charge < -0.3 is 18.9 Å². The zero-order valence-corrected chi connectivity index (χ0v) is 16.4. The van der Waals surface area contributed by atoms with Crippen LogP contribution in [-0.2, 0) is 11.3 Å². The molecule has 154 valence electrons. The number of likely N-dealkylation sites (tertiary alicyclic amines) is 2. The summed E-state index contributed by atoms with van der Waals surface area (Å²) in [7, 11) is 0. The van der Waals surface area contributed by atoms with Crippen molar-refractivity contribution in [1.82, 2.24) is 29.7 Å². The van der Waals surface area contributed by atoms with Crippen LogP contribution < -0.4 is 0 Å². The maximum atomic E-state index is 13.1. The van der Waals surface area contributed by atoms with Crippen LogP contribution in [0.2, 0.25) is 0 Å². The standard InChI is InChI=1S/C21H22N6O3/c28-19(7-9-25-13-22-23-14-25)27-11-16-10-26(21(29)18-6-8-24-30-18)12-17(16)20(27)15-4-2-1-3-5-15/h1-6,8,13-14,16-17,20H,7,9-12H2/t16-,17-,20-/m0/s1. The second kappa shape index (κ2) is 7.74. The minimum absolute atomic E-state index is 0.0443. The van der Waals surface area contributed by atoms with Crippen molar-refractivity contribution in [2.45, 2.75) is 19.0 Å². The summed E-state index contributed by atoms with van der Waals surface area (Å²) in [6, 6.07) is 11.6. The Morgan fingerprint density at radius 3 is 2.57 bits per heavy atom. The van der Waals surface area contributed by atoms with E-state index in [-0.39, 0.29) is 35.5 Å². The van der Waals surface area contributed by atoms with Crippen molar-refractivity contribution in [2.75, 3.05) is 19.6 Å². The fourth-order valence-corrected chi connectivity index (χ4v) is 4.73. The third-order valence-electron chi connectivity index (χ3n) is 6.11. The Balaban J connectivity index is 1.35. The molecule has 0 radical (unpaired) electrons. The first-order valence-electron chi connectivity index (χ1n) is 10.1. The van der Waals surface area contributed by atoms with Gasteiger partial charge in [-0.15, -0.1) is 10.2 Å². The number of nitrogens with zero attached hydrogens (tertiary/aromatic N) is 6. The van der Waals surface area contributed by atoms with Crippen molar-refractivity contribution >= 4 is 11.8 Å². The fourth-order valence-electron chi connectivity index (χ4n) is 4.73. The van der Waals surface area contributed by atoms with Gasteiger partial charge in [-0.25, -0.2) is 0 Å². The van der Waals surface area contributed by atoms with Gasteiger partial charge in [0.05, 0.1) is 12.2 Å². The van der Waals surface area contributed by atoms with E-state index in [2.05, 4.69) is 27.5 Å². The Labute approximate surface area is 173 Å². The number of amides is 2. The molecule has 0 unspecified atom stereocenters. The molecule has 2 amide bonds. The molecule has 3 aromatic rings. The van der Waals surface area contributed by atoms with Gasteiger partial charge in [0.25, 0.3) is 5.91 Å². The van der Waals surface area contributed by atoms with Crippen LogP contribution in [0.5, 0.6) is 0 Å². The number of carbonyl (C=O) groups excluding carboxylic acids is 2. The molecule has 9 nitrogen and oxygen atoms in total. The van der Waals surface area contributed by atoms with E-state index in [1.807, 2.05) is 32.6 Å². The number of fused-ring (bicyclic) bond motifs is 1. The van der Waals surface area contributed by atoms with Gasteiger partial charge in [-0.2, -0.15) is 0 Å². The molecule has 1 aromatic carbocycles. The highest BCUT2D eigenvalue weighted by Gasteiger charge is 2.50. The summed E-state index contributed by atoms with van der Waals surface area (Å²) in [5.74, 6) is 0.659. The van der Waals surface area contributed by atoms with Crippen LogP contribution in [0.15, 0.2) is 59.8 Å². The Morgan fingerprint density at radius 2 is 1.83 bits per heavy atom. The molecule has 4 heterocycles. The molecule has 0 saturated carbocycles.